The molecule has 0 unspecified atom stereocenters. The van der Waals surface area contributed by atoms with E-state index >= 15 is 0 Å². The van der Waals surface area contributed by atoms with Gasteiger partial charge in [-0.15, -0.1) is 0 Å². The molecule has 2 heteroatoms. The monoisotopic (exact) mass is 163 g/mol. The molecule has 0 spiro atoms. The van der Waals surface area contributed by atoms with Crippen molar-refractivity contribution < 1.29 is 5.11 Å². The molecule has 0 aromatic heterocycles. The van der Waals surface area contributed by atoms with Gasteiger partial charge in [0.25, 0.3) is 0 Å². The van der Waals surface area contributed by atoms with Gasteiger partial charge < -0.3 is 10.8 Å². The van der Waals surface area contributed by atoms with Crippen molar-refractivity contribution in [1.82, 2.24) is 0 Å². The predicted molar refractivity (Wildman–Crippen MR) is 47.7 cm³/mol. The lowest BCUT2D eigenvalue weighted by Crippen LogP contribution is -2.31. The highest BCUT2D eigenvalue weighted by atomic mass is 16.3. The molecule has 2 rings (SSSR count). The summed E-state index contributed by atoms with van der Waals surface area (Å²) in [6.07, 6.45) is 1.38. The molecule has 1 aromatic carbocycles. The van der Waals surface area contributed by atoms with Crippen molar-refractivity contribution >= 4 is 0 Å². The van der Waals surface area contributed by atoms with Crippen LogP contribution >= 0.6 is 0 Å². The molecule has 0 bridgehead atoms. The number of nitrogens with two attached hydrogens (primary N) is 1. The highest BCUT2D eigenvalue weighted by Gasteiger charge is 2.23. The second kappa shape index (κ2) is 2.88. The van der Waals surface area contributed by atoms with E-state index in [9.17, 15) is 5.11 Å². The number of rotatable bonds is 0. The topological polar surface area (TPSA) is 46.2 Å². The van der Waals surface area contributed by atoms with Crippen LogP contribution in [0.2, 0.25) is 0 Å². The molecule has 64 valence electrons. The van der Waals surface area contributed by atoms with Gasteiger partial charge in [-0.05, 0) is 24.0 Å². The van der Waals surface area contributed by atoms with Gasteiger partial charge >= 0.3 is 0 Å². The van der Waals surface area contributed by atoms with Crippen molar-refractivity contribution in [3.63, 3.8) is 0 Å². The molecule has 1 aliphatic carbocycles. The van der Waals surface area contributed by atoms with Crippen LogP contribution in [0.3, 0.4) is 0 Å². The van der Waals surface area contributed by atoms with Gasteiger partial charge in [0.15, 0.2) is 0 Å². The summed E-state index contributed by atoms with van der Waals surface area (Å²) in [6.45, 7) is 0. The molecule has 0 fully saturated rings. The Hall–Kier alpha value is -0.860. The first-order chi connectivity index (χ1) is 5.79. The van der Waals surface area contributed by atoms with Gasteiger partial charge in [-0.3, -0.25) is 0 Å². The molecule has 2 atom stereocenters. The summed E-state index contributed by atoms with van der Waals surface area (Å²) < 4.78 is 0. The molecular weight excluding hydrogens is 150 g/mol. The zero-order valence-corrected chi connectivity index (χ0v) is 6.90. The SMILES string of the molecule is N[C@@H]1c2ccccc2CC[C@H]1O. The molecule has 0 saturated carbocycles. The van der Waals surface area contributed by atoms with Gasteiger partial charge in [0, 0.05) is 0 Å². The minimum Gasteiger partial charge on any atom is -0.391 e. The Morgan fingerprint density at radius 1 is 1.33 bits per heavy atom. The number of aryl methyl sites for hydroxylation is 1. The average molecular weight is 163 g/mol. The van der Waals surface area contributed by atoms with Gasteiger partial charge in [0.2, 0.25) is 0 Å². The molecule has 1 aliphatic rings. The average Bonchev–Trinajstić information content (AvgIpc) is 2.12. The second-order valence-corrected chi connectivity index (χ2v) is 3.33. The maximum Gasteiger partial charge on any atom is 0.0736 e. The number of aliphatic hydroxyl groups is 1. The Morgan fingerprint density at radius 3 is 2.92 bits per heavy atom. The van der Waals surface area contributed by atoms with Crippen molar-refractivity contribution in [2.45, 2.75) is 25.0 Å². The third-order valence-electron chi connectivity index (χ3n) is 2.54. The van der Waals surface area contributed by atoms with Crippen LogP contribution < -0.4 is 5.73 Å². The molecule has 2 nitrogen and oxygen atoms in total. The maximum atomic E-state index is 9.50. The van der Waals surface area contributed by atoms with E-state index in [0.717, 1.165) is 18.4 Å². The number of benzene rings is 1. The van der Waals surface area contributed by atoms with E-state index < -0.39 is 0 Å². The van der Waals surface area contributed by atoms with E-state index in [0.29, 0.717) is 0 Å². The third kappa shape index (κ3) is 1.13. The Bertz CT molecular complexity index is 285. The second-order valence-electron chi connectivity index (χ2n) is 3.33. The fraction of sp³-hybridized carbons (Fsp3) is 0.400. The van der Waals surface area contributed by atoms with Crippen molar-refractivity contribution in [3.05, 3.63) is 35.4 Å². The van der Waals surface area contributed by atoms with Crippen LogP contribution in [0.5, 0.6) is 0 Å². The number of hydrogen-bond acceptors (Lipinski definition) is 2. The van der Waals surface area contributed by atoms with Crippen LogP contribution in [0.1, 0.15) is 23.6 Å². The molecule has 1 aromatic rings. The normalized spacial score (nSPS) is 28.2. The molecule has 12 heavy (non-hydrogen) atoms. The highest BCUT2D eigenvalue weighted by molar-refractivity contribution is 5.32. The van der Waals surface area contributed by atoms with Gasteiger partial charge in [-0.25, -0.2) is 0 Å². The van der Waals surface area contributed by atoms with E-state index in [1.165, 1.54) is 5.56 Å². The Balaban J connectivity index is 2.42. The van der Waals surface area contributed by atoms with E-state index in [4.69, 9.17) is 5.73 Å². The van der Waals surface area contributed by atoms with E-state index in [1.807, 2.05) is 18.2 Å². The summed E-state index contributed by atoms with van der Waals surface area (Å²) in [7, 11) is 0. The van der Waals surface area contributed by atoms with Crippen LogP contribution in [-0.2, 0) is 6.42 Å². The zero-order valence-electron chi connectivity index (χ0n) is 6.90. The fourth-order valence-electron chi connectivity index (χ4n) is 1.78. The number of aliphatic hydroxyl groups excluding tert-OH is 1. The van der Waals surface area contributed by atoms with Crippen LogP contribution in [0.15, 0.2) is 24.3 Å². The maximum absolute atomic E-state index is 9.50. The first-order valence-electron chi connectivity index (χ1n) is 4.30. The van der Waals surface area contributed by atoms with Crippen molar-refractivity contribution in [3.8, 4) is 0 Å². The van der Waals surface area contributed by atoms with Crippen LogP contribution in [0.25, 0.3) is 0 Å². The minimum atomic E-state index is -0.361. The smallest absolute Gasteiger partial charge is 0.0736 e. The van der Waals surface area contributed by atoms with Gasteiger partial charge in [0.1, 0.15) is 0 Å². The summed E-state index contributed by atoms with van der Waals surface area (Å²) in [5.41, 5.74) is 8.23. The summed E-state index contributed by atoms with van der Waals surface area (Å²) in [5.74, 6) is 0. The van der Waals surface area contributed by atoms with E-state index in [1.54, 1.807) is 0 Å². The minimum absolute atomic E-state index is 0.185. The lowest BCUT2D eigenvalue weighted by Gasteiger charge is -2.26. The third-order valence-corrected chi connectivity index (χ3v) is 2.54. The van der Waals surface area contributed by atoms with Gasteiger partial charge in [-0.2, -0.15) is 0 Å². The van der Waals surface area contributed by atoms with Crippen LogP contribution in [-0.4, -0.2) is 11.2 Å². The number of fused-ring (bicyclic) bond motifs is 1. The zero-order chi connectivity index (χ0) is 8.55. The fourth-order valence-corrected chi connectivity index (χ4v) is 1.78. The quantitative estimate of drug-likeness (QED) is 0.599. The standard InChI is InChI=1S/C10H13NO/c11-10-8-4-2-1-3-7(8)5-6-9(10)12/h1-4,9-10,12H,5-6,11H2/t9-,10-/m1/s1. The molecule has 0 radical (unpaired) electrons. The molecule has 3 N–H and O–H groups in total. The summed E-state index contributed by atoms with van der Waals surface area (Å²) in [6, 6.07) is 7.89. The largest absolute Gasteiger partial charge is 0.391 e. The lowest BCUT2D eigenvalue weighted by molar-refractivity contribution is 0.128. The summed E-state index contributed by atoms with van der Waals surface area (Å²) >= 11 is 0. The van der Waals surface area contributed by atoms with Crippen molar-refractivity contribution in [2.75, 3.05) is 0 Å². The van der Waals surface area contributed by atoms with Crippen LogP contribution in [0, 0.1) is 0 Å². The molecule has 0 saturated heterocycles. The first-order valence-corrected chi connectivity index (χ1v) is 4.30. The molecule has 0 amide bonds. The number of hydrogen-bond donors (Lipinski definition) is 2. The molecular formula is C10H13NO. The Morgan fingerprint density at radius 2 is 2.08 bits per heavy atom. The van der Waals surface area contributed by atoms with E-state index in [-0.39, 0.29) is 12.1 Å². The summed E-state index contributed by atoms with van der Waals surface area (Å²) in [5, 5.41) is 9.50. The van der Waals surface area contributed by atoms with E-state index in [2.05, 4.69) is 6.07 Å². The molecule has 0 aliphatic heterocycles. The Kier molecular flexibility index (Phi) is 1.87. The summed E-state index contributed by atoms with van der Waals surface area (Å²) in [4.78, 5) is 0. The molecule has 0 heterocycles. The van der Waals surface area contributed by atoms with Gasteiger partial charge in [-0.1, -0.05) is 24.3 Å². The van der Waals surface area contributed by atoms with Gasteiger partial charge in [0.05, 0.1) is 12.1 Å². The highest BCUT2D eigenvalue weighted by Crippen LogP contribution is 2.27. The van der Waals surface area contributed by atoms with Crippen molar-refractivity contribution in [2.24, 2.45) is 5.73 Å². The predicted octanol–water partition coefficient (Wildman–Crippen LogP) is 0.994. The van der Waals surface area contributed by atoms with Crippen LogP contribution in [0.4, 0.5) is 0 Å². The van der Waals surface area contributed by atoms with Crippen molar-refractivity contribution in [1.29, 1.82) is 0 Å². The first kappa shape index (κ1) is 7.77. The Labute approximate surface area is 72.0 Å². The lowest BCUT2D eigenvalue weighted by atomic mass is 9.86.